The van der Waals surface area contributed by atoms with Gasteiger partial charge in [-0.3, -0.25) is 0 Å². The SMILES string of the molecule is c1ccc(-c2ccc(N(c3ccc(-c4ccccc4)cc3)c3ccc(-c4ccccc4-n4c5ccccc5c5ccccc54)cc3-c3cccc4ccccc34)cc2)cc1. The molecule has 0 fully saturated rings. The van der Waals surface area contributed by atoms with Crippen molar-refractivity contribution in [1.29, 1.82) is 0 Å². The quantitative estimate of drug-likeness (QED) is 0.150. The first kappa shape index (κ1) is 35.2. The van der Waals surface area contributed by atoms with E-state index in [0.29, 0.717) is 0 Å². The minimum atomic E-state index is 1.09. The third-order valence-electron chi connectivity index (χ3n) is 11.8. The van der Waals surface area contributed by atoms with Crippen LogP contribution in [-0.2, 0) is 0 Å². The van der Waals surface area contributed by atoms with Crippen molar-refractivity contribution in [2.24, 2.45) is 0 Å². The number of hydrogen-bond acceptors (Lipinski definition) is 1. The van der Waals surface area contributed by atoms with Gasteiger partial charge in [0, 0.05) is 33.3 Å². The standard InChI is InChI=1S/C58H40N2/c1-3-16-41(17-4-1)43-30-35-47(36-31-43)59(48-37-32-44(33-38-48)42-18-5-2-6-19-42)58-39-34-46(40-54(58)51-26-15-21-45-20-7-8-22-49(45)51)50-23-9-12-27-55(50)60-56-28-13-10-24-52(56)53-25-11-14-29-57(53)60/h1-40H. The molecule has 282 valence electrons. The predicted molar refractivity (Wildman–Crippen MR) is 255 cm³/mol. The molecule has 0 aliphatic carbocycles. The molecule has 0 aliphatic heterocycles. The van der Waals surface area contributed by atoms with Gasteiger partial charge in [0.15, 0.2) is 0 Å². The second-order valence-corrected chi connectivity index (χ2v) is 15.3. The Balaban J connectivity index is 1.14. The van der Waals surface area contributed by atoms with Crippen molar-refractivity contribution in [3.63, 3.8) is 0 Å². The van der Waals surface area contributed by atoms with E-state index >= 15 is 0 Å². The molecule has 0 bridgehead atoms. The first-order valence-electron chi connectivity index (χ1n) is 20.6. The first-order chi connectivity index (χ1) is 29.8. The maximum absolute atomic E-state index is 2.43. The lowest BCUT2D eigenvalue weighted by Gasteiger charge is -2.29. The maximum atomic E-state index is 2.43. The van der Waals surface area contributed by atoms with Crippen LogP contribution >= 0.6 is 0 Å². The van der Waals surface area contributed by atoms with Gasteiger partial charge in [-0.1, -0.05) is 188 Å². The van der Waals surface area contributed by atoms with Gasteiger partial charge in [0.05, 0.1) is 22.4 Å². The number of hydrogen-bond donors (Lipinski definition) is 0. The van der Waals surface area contributed by atoms with Crippen molar-refractivity contribution in [2.45, 2.75) is 0 Å². The Labute approximate surface area is 350 Å². The van der Waals surface area contributed by atoms with Gasteiger partial charge in [0.25, 0.3) is 0 Å². The molecule has 0 unspecified atom stereocenters. The fraction of sp³-hybridized carbons (Fsp3) is 0. The molecular weight excluding hydrogens is 725 g/mol. The van der Waals surface area contributed by atoms with Gasteiger partial charge in [0.1, 0.15) is 0 Å². The highest BCUT2D eigenvalue weighted by molar-refractivity contribution is 6.10. The van der Waals surface area contributed by atoms with Crippen LogP contribution in [0.25, 0.3) is 82.8 Å². The third-order valence-corrected chi connectivity index (χ3v) is 11.8. The van der Waals surface area contributed by atoms with Gasteiger partial charge in [0.2, 0.25) is 0 Å². The molecule has 11 rings (SSSR count). The lowest BCUT2D eigenvalue weighted by molar-refractivity contribution is 1.18. The van der Waals surface area contributed by atoms with Crippen molar-refractivity contribution >= 4 is 49.6 Å². The van der Waals surface area contributed by atoms with Gasteiger partial charge in [-0.15, -0.1) is 0 Å². The molecule has 10 aromatic carbocycles. The lowest BCUT2D eigenvalue weighted by Crippen LogP contribution is -2.11. The van der Waals surface area contributed by atoms with Gasteiger partial charge in [-0.2, -0.15) is 0 Å². The molecule has 0 amide bonds. The van der Waals surface area contributed by atoms with Crippen LogP contribution in [0.1, 0.15) is 0 Å². The molecule has 2 nitrogen and oxygen atoms in total. The van der Waals surface area contributed by atoms with Gasteiger partial charge >= 0.3 is 0 Å². The monoisotopic (exact) mass is 764 g/mol. The summed E-state index contributed by atoms with van der Waals surface area (Å²) in [6.07, 6.45) is 0. The minimum absolute atomic E-state index is 1.09. The highest BCUT2D eigenvalue weighted by Gasteiger charge is 2.22. The third kappa shape index (κ3) is 6.23. The van der Waals surface area contributed by atoms with E-state index in [1.807, 2.05) is 0 Å². The van der Waals surface area contributed by atoms with E-state index in [4.69, 9.17) is 0 Å². The maximum Gasteiger partial charge on any atom is 0.0541 e. The lowest BCUT2D eigenvalue weighted by atomic mass is 9.92. The number of nitrogens with zero attached hydrogens (tertiary/aromatic N) is 2. The zero-order valence-corrected chi connectivity index (χ0v) is 33.0. The second-order valence-electron chi connectivity index (χ2n) is 15.3. The van der Waals surface area contributed by atoms with E-state index in [0.717, 1.165) is 33.9 Å². The van der Waals surface area contributed by atoms with Crippen molar-refractivity contribution < 1.29 is 0 Å². The fourth-order valence-corrected chi connectivity index (χ4v) is 8.96. The van der Waals surface area contributed by atoms with E-state index in [1.165, 1.54) is 66.0 Å². The molecule has 60 heavy (non-hydrogen) atoms. The number of benzene rings is 10. The number of fused-ring (bicyclic) bond motifs is 4. The zero-order valence-electron chi connectivity index (χ0n) is 33.0. The van der Waals surface area contributed by atoms with Crippen molar-refractivity contribution in [1.82, 2.24) is 4.57 Å². The van der Waals surface area contributed by atoms with E-state index in [1.54, 1.807) is 0 Å². The van der Waals surface area contributed by atoms with Crippen LogP contribution in [0.3, 0.4) is 0 Å². The average molecular weight is 765 g/mol. The van der Waals surface area contributed by atoms with Crippen LogP contribution in [-0.4, -0.2) is 4.57 Å². The second kappa shape index (κ2) is 15.1. The largest absolute Gasteiger partial charge is 0.310 e. The van der Waals surface area contributed by atoms with E-state index in [-0.39, 0.29) is 0 Å². The van der Waals surface area contributed by atoms with E-state index < -0.39 is 0 Å². The van der Waals surface area contributed by atoms with Gasteiger partial charge < -0.3 is 9.47 Å². The molecule has 1 aromatic heterocycles. The highest BCUT2D eigenvalue weighted by Crippen LogP contribution is 2.46. The van der Waals surface area contributed by atoms with E-state index in [9.17, 15) is 0 Å². The molecular formula is C58H40N2. The Morgan fingerprint density at radius 1 is 0.283 bits per heavy atom. The van der Waals surface area contributed by atoms with Gasteiger partial charge in [-0.05, 0) is 98.8 Å². The normalized spacial score (nSPS) is 11.3. The molecule has 1 heterocycles. The summed E-state index contributed by atoms with van der Waals surface area (Å²) in [4.78, 5) is 2.42. The fourth-order valence-electron chi connectivity index (χ4n) is 8.96. The van der Waals surface area contributed by atoms with Crippen LogP contribution in [0, 0.1) is 0 Å². The number of aromatic nitrogens is 1. The molecule has 0 saturated heterocycles. The number of para-hydroxylation sites is 3. The summed E-state index contributed by atoms with van der Waals surface area (Å²) < 4.78 is 2.43. The molecule has 0 aliphatic rings. The van der Waals surface area contributed by atoms with E-state index in [2.05, 4.69) is 252 Å². The summed E-state index contributed by atoms with van der Waals surface area (Å²) >= 11 is 0. The average Bonchev–Trinajstić information content (AvgIpc) is 3.67. The number of anilines is 3. The summed E-state index contributed by atoms with van der Waals surface area (Å²) in [7, 11) is 0. The molecule has 0 atom stereocenters. The molecule has 0 radical (unpaired) electrons. The summed E-state index contributed by atoms with van der Waals surface area (Å²) in [6.45, 7) is 0. The topological polar surface area (TPSA) is 8.17 Å². The summed E-state index contributed by atoms with van der Waals surface area (Å²) in [6, 6.07) is 88.0. The molecule has 0 saturated carbocycles. The van der Waals surface area contributed by atoms with Crippen molar-refractivity contribution in [2.75, 3.05) is 4.90 Å². The van der Waals surface area contributed by atoms with Crippen LogP contribution in [0.5, 0.6) is 0 Å². The van der Waals surface area contributed by atoms with Crippen molar-refractivity contribution in [3.05, 3.63) is 243 Å². The first-order valence-corrected chi connectivity index (χ1v) is 20.6. The summed E-state index contributed by atoms with van der Waals surface area (Å²) in [5.74, 6) is 0. The predicted octanol–water partition coefficient (Wildman–Crippen LogP) is 16.1. The molecule has 0 N–H and O–H groups in total. The van der Waals surface area contributed by atoms with Crippen LogP contribution in [0.2, 0.25) is 0 Å². The molecule has 11 aromatic rings. The van der Waals surface area contributed by atoms with Gasteiger partial charge in [-0.25, -0.2) is 0 Å². The Morgan fingerprint density at radius 2 is 0.733 bits per heavy atom. The molecule has 2 heteroatoms. The Bertz CT molecular complexity index is 3150. The van der Waals surface area contributed by atoms with Crippen LogP contribution in [0.4, 0.5) is 17.1 Å². The summed E-state index contributed by atoms with van der Waals surface area (Å²) in [5, 5.41) is 4.93. The number of rotatable bonds is 8. The minimum Gasteiger partial charge on any atom is -0.310 e. The molecule has 0 spiro atoms. The van der Waals surface area contributed by atoms with Crippen LogP contribution in [0.15, 0.2) is 243 Å². The van der Waals surface area contributed by atoms with Crippen LogP contribution < -0.4 is 4.90 Å². The van der Waals surface area contributed by atoms with Crippen molar-refractivity contribution in [3.8, 4) is 50.2 Å². The Kier molecular flexibility index (Phi) is 8.87. The zero-order chi connectivity index (χ0) is 39.8. The Morgan fingerprint density at radius 3 is 1.35 bits per heavy atom. The Hall–Kier alpha value is -7.94. The highest BCUT2D eigenvalue weighted by atomic mass is 15.1. The smallest absolute Gasteiger partial charge is 0.0541 e. The summed E-state index contributed by atoms with van der Waals surface area (Å²) in [5.41, 5.74) is 16.2.